The highest BCUT2D eigenvalue weighted by molar-refractivity contribution is 8.00. The number of rotatable bonds is 9. The number of fused-ring (bicyclic) bond motifs is 1. The van der Waals surface area contributed by atoms with E-state index in [1.807, 2.05) is 61.5 Å². The van der Waals surface area contributed by atoms with Gasteiger partial charge in [0, 0.05) is 24.6 Å². The zero-order valence-electron chi connectivity index (χ0n) is 19.3. The number of amides is 1. The van der Waals surface area contributed by atoms with Gasteiger partial charge in [-0.05, 0) is 42.5 Å². The molecule has 2 heterocycles. The molecule has 0 unspecified atom stereocenters. The number of hydrogen-bond acceptors (Lipinski definition) is 6. The zero-order chi connectivity index (χ0) is 23.9. The molecule has 34 heavy (non-hydrogen) atoms. The molecule has 0 aliphatic heterocycles. The van der Waals surface area contributed by atoms with Crippen molar-refractivity contribution in [2.75, 3.05) is 5.32 Å². The second-order valence-electron chi connectivity index (χ2n) is 7.87. The molecule has 174 valence electrons. The molecule has 1 amide bonds. The molecule has 0 aliphatic carbocycles. The van der Waals surface area contributed by atoms with Gasteiger partial charge in [0.2, 0.25) is 5.91 Å². The lowest BCUT2D eigenvalue weighted by Gasteiger charge is -2.18. The highest BCUT2D eigenvalue weighted by atomic mass is 32.2. The molecule has 2 aromatic carbocycles. The number of thioether (sulfide) groups is 1. The molecule has 8 heteroatoms. The first-order chi connectivity index (χ1) is 16.6. The molecule has 1 N–H and O–H groups in total. The van der Waals surface area contributed by atoms with E-state index in [9.17, 15) is 9.59 Å². The summed E-state index contributed by atoms with van der Waals surface area (Å²) in [6.45, 7) is 4.47. The van der Waals surface area contributed by atoms with Gasteiger partial charge >= 0.3 is 0 Å². The van der Waals surface area contributed by atoms with E-state index in [-0.39, 0.29) is 22.6 Å². The van der Waals surface area contributed by atoms with E-state index in [2.05, 4.69) is 27.2 Å². The fourth-order valence-corrected chi connectivity index (χ4v) is 4.63. The largest absolute Gasteiger partial charge is 0.325 e. The van der Waals surface area contributed by atoms with E-state index >= 15 is 0 Å². The van der Waals surface area contributed by atoms with Gasteiger partial charge < -0.3 is 5.32 Å². The molecular weight excluding hydrogens is 446 g/mol. The molecule has 0 fully saturated rings. The normalized spacial score (nSPS) is 11.9. The van der Waals surface area contributed by atoms with Crippen LogP contribution in [0.3, 0.4) is 0 Å². The van der Waals surface area contributed by atoms with E-state index in [4.69, 9.17) is 0 Å². The van der Waals surface area contributed by atoms with Gasteiger partial charge in [-0.3, -0.25) is 14.2 Å². The Morgan fingerprint density at radius 1 is 1.00 bits per heavy atom. The Balaban J connectivity index is 1.61. The van der Waals surface area contributed by atoms with Crippen molar-refractivity contribution < 1.29 is 4.79 Å². The van der Waals surface area contributed by atoms with Gasteiger partial charge in [-0.2, -0.15) is 0 Å². The van der Waals surface area contributed by atoms with Gasteiger partial charge in [0.1, 0.15) is 0 Å². The summed E-state index contributed by atoms with van der Waals surface area (Å²) in [7, 11) is 0. The summed E-state index contributed by atoms with van der Waals surface area (Å²) in [5, 5.41) is 3.04. The SMILES string of the molecule is CCc1ccc(NC(=O)[C@H](CC)Sc2nc3nccnc3c(=O)n2CCc2ccccc2)cc1. The van der Waals surface area contributed by atoms with Crippen molar-refractivity contribution in [2.45, 2.75) is 50.1 Å². The Morgan fingerprint density at radius 3 is 2.44 bits per heavy atom. The monoisotopic (exact) mass is 473 g/mol. The third kappa shape index (κ3) is 5.51. The van der Waals surface area contributed by atoms with E-state index in [0.29, 0.717) is 24.5 Å². The van der Waals surface area contributed by atoms with Gasteiger partial charge in [0.05, 0.1) is 5.25 Å². The number of carbonyl (C=O) groups is 1. The van der Waals surface area contributed by atoms with Crippen LogP contribution in [0.4, 0.5) is 5.69 Å². The van der Waals surface area contributed by atoms with Crippen LogP contribution in [0, 0.1) is 0 Å². The van der Waals surface area contributed by atoms with Gasteiger partial charge in [0.15, 0.2) is 16.3 Å². The predicted molar refractivity (Wildman–Crippen MR) is 136 cm³/mol. The summed E-state index contributed by atoms with van der Waals surface area (Å²) in [5.74, 6) is -0.125. The van der Waals surface area contributed by atoms with Gasteiger partial charge in [-0.25, -0.2) is 15.0 Å². The standard InChI is InChI=1S/C26H27N5O2S/c1-3-18-10-12-20(13-11-18)29-24(32)21(4-2)34-26-30-23-22(27-15-16-28-23)25(33)31(26)17-14-19-8-6-5-7-9-19/h5-13,15-16,21H,3-4,14,17H2,1-2H3,(H,29,32)/t21-/m0/s1. The number of benzene rings is 2. The second-order valence-corrected chi connectivity index (χ2v) is 9.04. The van der Waals surface area contributed by atoms with Crippen molar-refractivity contribution in [3.8, 4) is 0 Å². The maximum Gasteiger partial charge on any atom is 0.282 e. The van der Waals surface area contributed by atoms with Crippen molar-refractivity contribution in [1.29, 1.82) is 0 Å². The van der Waals surface area contributed by atoms with Crippen LogP contribution in [0.15, 0.2) is 76.9 Å². The number of nitrogens with one attached hydrogen (secondary N) is 1. The van der Waals surface area contributed by atoms with Crippen LogP contribution in [-0.2, 0) is 24.2 Å². The van der Waals surface area contributed by atoms with Crippen LogP contribution >= 0.6 is 11.8 Å². The lowest BCUT2D eigenvalue weighted by molar-refractivity contribution is -0.115. The zero-order valence-corrected chi connectivity index (χ0v) is 20.1. The fraction of sp³-hybridized carbons (Fsp3) is 0.269. The van der Waals surface area contributed by atoms with Gasteiger partial charge in [0.25, 0.3) is 5.56 Å². The molecule has 4 aromatic rings. The Bertz CT molecular complexity index is 1320. The average Bonchev–Trinajstić information content (AvgIpc) is 2.88. The molecule has 7 nitrogen and oxygen atoms in total. The average molecular weight is 474 g/mol. The highest BCUT2D eigenvalue weighted by Crippen LogP contribution is 2.26. The minimum Gasteiger partial charge on any atom is -0.325 e. The van der Waals surface area contributed by atoms with Crippen molar-refractivity contribution in [3.63, 3.8) is 0 Å². The first-order valence-electron chi connectivity index (χ1n) is 11.4. The summed E-state index contributed by atoms with van der Waals surface area (Å²) in [6.07, 6.45) is 5.19. The lowest BCUT2D eigenvalue weighted by Crippen LogP contribution is -2.29. The molecule has 2 aromatic heterocycles. The highest BCUT2D eigenvalue weighted by Gasteiger charge is 2.22. The number of hydrogen-bond donors (Lipinski definition) is 1. The van der Waals surface area contributed by atoms with Crippen LogP contribution in [-0.4, -0.2) is 30.7 Å². The summed E-state index contributed by atoms with van der Waals surface area (Å²) < 4.78 is 1.61. The molecule has 0 saturated heterocycles. The third-order valence-electron chi connectivity index (χ3n) is 5.57. The Labute approximate surface area is 202 Å². The van der Waals surface area contributed by atoms with Crippen molar-refractivity contribution in [3.05, 3.63) is 88.5 Å². The second kappa shape index (κ2) is 11.1. The molecular formula is C26H27N5O2S. The molecule has 0 spiro atoms. The summed E-state index contributed by atoms with van der Waals surface area (Å²) in [5.41, 5.74) is 3.35. The number of aryl methyl sites for hydroxylation is 2. The fourth-order valence-electron chi connectivity index (χ4n) is 3.60. The topological polar surface area (TPSA) is 89.8 Å². The summed E-state index contributed by atoms with van der Waals surface area (Å²) >= 11 is 1.29. The lowest BCUT2D eigenvalue weighted by atomic mass is 10.1. The molecule has 1 atom stereocenters. The van der Waals surface area contributed by atoms with Crippen molar-refractivity contribution in [2.24, 2.45) is 0 Å². The summed E-state index contributed by atoms with van der Waals surface area (Å²) in [4.78, 5) is 39.4. The van der Waals surface area contributed by atoms with Crippen molar-refractivity contribution in [1.82, 2.24) is 19.5 Å². The number of aromatic nitrogens is 4. The molecule has 0 bridgehead atoms. The van der Waals surface area contributed by atoms with Crippen LogP contribution in [0.25, 0.3) is 11.2 Å². The molecule has 0 radical (unpaired) electrons. The molecule has 4 rings (SSSR count). The molecule has 0 aliphatic rings. The minimum atomic E-state index is -0.421. The van der Waals surface area contributed by atoms with Crippen LogP contribution < -0.4 is 10.9 Å². The predicted octanol–water partition coefficient (Wildman–Crippen LogP) is 4.50. The smallest absolute Gasteiger partial charge is 0.282 e. The number of nitrogens with zero attached hydrogens (tertiary/aromatic N) is 4. The minimum absolute atomic E-state index is 0.125. The Kier molecular flexibility index (Phi) is 7.69. The Hall–Kier alpha value is -3.52. The van der Waals surface area contributed by atoms with Crippen LogP contribution in [0.5, 0.6) is 0 Å². The maximum atomic E-state index is 13.3. The van der Waals surface area contributed by atoms with Crippen LogP contribution in [0.1, 0.15) is 31.4 Å². The van der Waals surface area contributed by atoms with Crippen LogP contribution in [0.2, 0.25) is 0 Å². The van der Waals surface area contributed by atoms with E-state index in [1.165, 1.54) is 29.7 Å². The van der Waals surface area contributed by atoms with Crippen molar-refractivity contribution >= 4 is 34.5 Å². The van der Waals surface area contributed by atoms with E-state index < -0.39 is 5.25 Å². The number of carbonyl (C=O) groups excluding carboxylic acids is 1. The van der Waals surface area contributed by atoms with Gasteiger partial charge in [-0.15, -0.1) is 0 Å². The summed E-state index contributed by atoms with van der Waals surface area (Å²) in [6, 6.07) is 17.8. The van der Waals surface area contributed by atoms with Gasteiger partial charge in [-0.1, -0.05) is 68.1 Å². The Morgan fingerprint density at radius 2 is 1.74 bits per heavy atom. The maximum absolute atomic E-state index is 13.3. The quantitative estimate of drug-likeness (QED) is 0.284. The van der Waals surface area contributed by atoms with E-state index in [1.54, 1.807) is 4.57 Å². The first kappa shape index (κ1) is 23.6. The third-order valence-corrected chi connectivity index (χ3v) is 6.92. The molecule has 0 saturated carbocycles. The number of anilines is 1. The first-order valence-corrected chi connectivity index (χ1v) is 12.3. The van der Waals surface area contributed by atoms with E-state index in [0.717, 1.165) is 17.7 Å².